The molecule has 11 aromatic rings. The summed E-state index contributed by atoms with van der Waals surface area (Å²) in [5, 5.41) is 0. The van der Waals surface area contributed by atoms with Gasteiger partial charge in [-0.1, -0.05) is 182 Å². The predicted molar refractivity (Wildman–Crippen MR) is 273 cm³/mol. The molecule has 0 unspecified atom stereocenters. The van der Waals surface area contributed by atoms with Crippen molar-refractivity contribution in [1.82, 2.24) is 29.9 Å². The van der Waals surface area contributed by atoms with Gasteiger partial charge in [-0.15, -0.1) is 0 Å². The van der Waals surface area contributed by atoms with Gasteiger partial charge in [0.25, 0.3) is 0 Å². The Bertz CT molecular complexity index is 3530. The third-order valence-electron chi connectivity index (χ3n) is 13.1. The van der Waals surface area contributed by atoms with E-state index in [1.54, 1.807) is 0 Å². The zero-order valence-corrected chi connectivity index (χ0v) is 37.3. The zero-order chi connectivity index (χ0) is 45.0. The molecule has 7 heteroatoms. The lowest BCUT2D eigenvalue weighted by atomic mass is 9.67. The largest absolute Gasteiger partial charge is 0.255 e. The lowest BCUT2D eigenvalue weighted by Gasteiger charge is -2.40. The molecule has 318 valence electrons. The molecule has 5 heterocycles. The third-order valence-corrected chi connectivity index (χ3v) is 14.2. The van der Waals surface area contributed by atoms with E-state index >= 15 is 0 Å². The minimum atomic E-state index is -0.522. The van der Waals surface area contributed by atoms with E-state index in [0.29, 0.717) is 17.5 Å². The molecule has 4 aromatic heterocycles. The average molecular weight is 887 g/mol. The summed E-state index contributed by atoms with van der Waals surface area (Å²) in [6.45, 7) is 0. The highest BCUT2D eigenvalue weighted by atomic mass is 32.2. The normalized spacial score (nSPS) is 12.8. The molecule has 0 atom stereocenters. The van der Waals surface area contributed by atoms with Gasteiger partial charge in [0.05, 0.1) is 28.2 Å². The highest BCUT2D eigenvalue weighted by molar-refractivity contribution is 7.99. The number of benzene rings is 7. The molecule has 68 heavy (non-hydrogen) atoms. The topological polar surface area (TPSA) is 77.3 Å². The second-order valence-corrected chi connectivity index (χ2v) is 18.1. The summed E-state index contributed by atoms with van der Waals surface area (Å²) in [4.78, 5) is 31.8. The lowest BCUT2D eigenvalue weighted by Crippen LogP contribution is -2.32. The van der Waals surface area contributed by atoms with E-state index in [9.17, 15) is 0 Å². The first-order valence-corrected chi connectivity index (χ1v) is 23.5. The number of nitrogens with zero attached hydrogens (tertiary/aromatic N) is 6. The number of fused-ring (bicyclic) bond motifs is 9. The quantitative estimate of drug-likeness (QED) is 0.158. The number of hydrogen-bond donors (Lipinski definition) is 0. The first kappa shape index (κ1) is 39.7. The lowest BCUT2D eigenvalue weighted by molar-refractivity contribution is 0.723. The fraction of sp³-hybridized carbons (Fsp3) is 0.0164. The molecule has 1 spiro atoms. The average Bonchev–Trinajstić information content (AvgIpc) is 3.71. The van der Waals surface area contributed by atoms with Gasteiger partial charge in [-0.05, 0) is 104 Å². The Hall–Kier alpha value is -8.65. The zero-order valence-electron chi connectivity index (χ0n) is 36.5. The number of rotatable bonds is 7. The van der Waals surface area contributed by atoms with E-state index in [4.69, 9.17) is 29.9 Å². The first-order valence-electron chi connectivity index (χ1n) is 22.7. The van der Waals surface area contributed by atoms with Gasteiger partial charge in [0, 0.05) is 38.9 Å². The van der Waals surface area contributed by atoms with Gasteiger partial charge in [-0.25, -0.2) is 19.9 Å². The molecule has 2 aliphatic rings. The molecule has 0 bridgehead atoms. The van der Waals surface area contributed by atoms with E-state index in [0.717, 1.165) is 61.7 Å². The standard InChI is InChI=1S/C61H38N6S/c1-3-15-40(16-4-1)58-65-59(41-17-5-2-6-18-41)67-60(66-58)42-27-25-39(26-28-42)43-29-31-50-56(37-43)68-57-38-44(30-32-51(57)61(50)48-21-9-7-19-46(48)47-20-8-10-22-49(47)61)45-35-54(52-23-11-13-33-62-52)64-55(36-45)53-24-12-14-34-63-53/h1-38H. The first-order chi connectivity index (χ1) is 33.7. The Labute approximate surface area is 398 Å². The fourth-order valence-corrected chi connectivity index (χ4v) is 11.3. The van der Waals surface area contributed by atoms with Gasteiger partial charge >= 0.3 is 0 Å². The smallest absolute Gasteiger partial charge is 0.164 e. The van der Waals surface area contributed by atoms with Crippen LogP contribution >= 0.6 is 11.8 Å². The Morgan fingerprint density at radius 1 is 0.279 bits per heavy atom. The molecule has 0 amide bonds. The number of hydrogen-bond acceptors (Lipinski definition) is 7. The molecule has 7 aromatic carbocycles. The molecule has 0 radical (unpaired) electrons. The molecule has 6 nitrogen and oxygen atoms in total. The Kier molecular flexibility index (Phi) is 9.54. The van der Waals surface area contributed by atoms with Crippen molar-refractivity contribution in [2.45, 2.75) is 15.2 Å². The van der Waals surface area contributed by atoms with Crippen LogP contribution in [0.4, 0.5) is 0 Å². The van der Waals surface area contributed by atoms with Gasteiger partial charge in [0.2, 0.25) is 0 Å². The maximum Gasteiger partial charge on any atom is 0.164 e. The second-order valence-electron chi connectivity index (χ2n) is 17.0. The summed E-state index contributed by atoms with van der Waals surface area (Å²) < 4.78 is 0. The van der Waals surface area contributed by atoms with Crippen molar-refractivity contribution < 1.29 is 0 Å². The van der Waals surface area contributed by atoms with Gasteiger partial charge in [0.15, 0.2) is 17.5 Å². The van der Waals surface area contributed by atoms with Gasteiger partial charge < -0.3 is 0 Å². The van der Waals surface area contributed by atoms with Crippen LogP contribution in [0.15, 0.2) is 241 Å². The van der Waals surface area contributed by atoms with Crippen LogP contribution in [0, 0.1) is 0 Å². The van der Waals surface area contributed by atoms with Crippen molar-refractivity contribution in [3.8, 4) is 90.3 Å². The Balaban J connectivity index is 0.942. The van der Waals surface area contributed by atoms with Crippen LogP contribution in [0.3, 0.4) is 0 Å². The summed E-state index contributed by atoms with van der Waals surface area (Å²) in [6, 6.07) is 77.0. The number of aromatic nitrogens is 6. The van der Waals surface area contributed by atoms with Crippen LogP contribution in [0.5, 0.6) is 0 Å². The van der Waals surface area contributed by atoms with Gasteiger partial charge in [0.1, 0.15) is 0 Å². The van der Waals surface area contributed by atoms with Crippen LogP contribution in [-0.2, 0) is 5.41 Å². The van der Waals surface area contributed by atoms with Crippen LogP contribution < -0.4 is 0 Å². The van der Waals surface area contributed by atoms with Gasteiger partial charge in [-0.2, -0.15) is 0 Å². The fourth-order valence-electron chi connectivity index (χ4n) is 10.0. The van der Waals surface area contributed by atoms with Gasteiger partial charge in [-0.3, -0.25) is 9.97 Å². The Morgan fingerprint density at radius 3 is 1.18 bits per heavy atom. The molecular formula is C61H38N6S. The summed E-state index contributed by atoms with van der Waals surface area (Å²) in [6.07, 6.45) is 3.63. The highest BCUT2D eigenvalue weighted by Crippen LogP contribution is 2.62. The summed E-state index contributed by atoms with van der Waals surface area (Å²) in [5.41, 5.74) is 17.6. The summed E-state index contributed by atoms with van der Waals surface area (Å²) >= 11 is 1.84. The second kappa shape index (κ2) is 16.3. The molecule has 13 rings (SSSR count). The van der Waals surface area contributed by atoms with Crippen molar-refractivity contribution in [2.24, 2.45) is 0 Å². The van der Waals surface area contributed by atoms with Crippen molar-refractivity contribution >= 4 is 11.8 Å². The van der Waals surface area contributed by atoms with Crippen LogP contribution in [0.25, 0.3) is 90.3 Å². The SMILES string of the molecule is c1ccc(-c2nc(-c3ccccc3)nc(-c3ccc(-c4ccc5c(c4)Sc4cc(-c6cc(-c7ccccn7)nc(-c7ccccn7)c6)ccc4C54c5ccccc5-c5ccccc54)cc3)n2)cc1. The molecule has 1 aliphatic carbocycles. The monoisotopic (exact) mass is 886 g/mol. The molecule has 1 aliphatic heterocycles. The molecule has 0 N–H and O–H groups in total. The molecule has 0 saturated carbocycles. The van der Waals surface area contributed by atoms with Crippen molar-refractivity contribution in [2.75, 3.05) is 0 Å². The van der Waals surface area contributed by atoms with Crippen LogP contribution in [0.2, 0.25) is 0 Å². The van der Waals surface area contributed by atoms with E-state index in [1.165, 1.54) is 43.2 Å². The van der Waals surface area contributed by atoms with E-state index in [2.05, 4.69) is 121 Å². The van der Waals surface area contributed by atoms with Crippen LogP contribution in [-0.4, -0.2) is 29.9 Å². The maximum atomic E-state index is 5.08. The minimum absolute atomic E-state index is 0.522. The van der Waals surface area contributed by atoms with E-state index < -0.39 is 5.41 Å². The number of pyridine rings is 3. The van der Waals surface area contributed by atoms with E-state index in [-0.39, 0.29) is 0 Å². The maximum absolute atomic E-state index is 5.08. The van der Waals surface area contributed by atoms with E-state index in [1.807, 2.05) is 121 Å². The summed E-state index contributed by atoms with van der Waals surface area (Å²) in [7, 11) is 0. The minimum Gasteiger partial charge on any atom is -0.255 e. The highest BCUT2D eigenvalue weighted by Gasteiger charge is 2.50. The molecular weight excluding hydrogens is 849 g/mol. The predicted octanol–water partition coefficient (Wildman–Crippen LogP) is 14.6. The van der Waals surface area contributed by atoms with Crippen molar-refractivity contribution in [3.05, 3.63) is 253 Å². The van der Waals surface area contributed by atoms with Crippen molar-refractivity contribution in [1.29, 1.82) is 0 Å². The molecule has 0 fully saturated rings. The summed E-state index contributed by atoms with van der Waals surface area (Å²) in [5.74, 6) is 1.92. The van der Waals surface area contributed by atoms with Crippen LogP contribution in [0.1, 0.15) is 22.3 Å². The molecule has 0 saturated heterocycles. The third kappa shape index (κ3) is 6.66. The Morgan fingerprint density at radius 2 is 0.691 bits per heavy atom. The van der Waals surface area contributed by atoms with Crippen molar-refractivity contribution in [3.63, 3.8) is 0 Å².